The predicted molar refractivity (Wildman–Crippen MR) is 134 cm³/mol. The Hall–Kier alpha value is -3.51. The summed E-state index contributed by atoms with van der Waals surface area (Å²) in [5, 5.41) is 10.9. The van der Waals surface area contributed by atoms with Gasteiger partial charge >= 0.3 is 17.6 Å². The number of esters is 1. The van der Waals surface area contributed by atoms with Gasteiger partial charge in [-0.3, -0.25) is 9.59 Å². The van der Waals surface area contributed by atoms with Crippen LogP contribution in [0, 0.1) is 0 Å². The molecule has 1 aromatic heterocycles. The molecule has 200 valence electrons. The minimum atomic E-state index is -1.19. The van der Waals surface area contributed by atoms with Gasteiger partial charge in [0.05, 0.1) is 33.0 Å². The topological polar surface area (TPSA) is 157 Å². The minimum absolute atomic E-state index is 0.0453. The summed E-state index contributed by atoms with van der Waals surface area (Å²) < 4.78 is 32.2. The number of benzene rings is 2. The number of carbonyl (C=O) groups excluding carboxylic acids is 1. The van der Waals surface area contributed by atoms with Gasteiger partial charge in [-0.15, -0.1) is 0 Å². The molecule has 0 spiro atoms. The van der Waals surface area contributed by atoms with Crippen LogP contribution in [0.4, 0.5) is 0 Å². The Balaban J connectivity index is 1.60. The lowest BCUT2D eigenvalue weighted by molar-refractivity contribution is -0.145. The quantitative estimate of drug-likeness (QED) is 0.124. The number of carboxylic acid groups (broad SMARTS) is 1. The molecule has 0 bridgehead atoms. The fraction of sp³-hybridized carbons (Fsp3) is 0.423. The number of carbonyl (C=O) groups is 2. The summed E-state index contributed by atoms with van der Waals surface area (Å²) >= 11 is 0. The molecule has 0 aliphatic heterocycles. The number of carboxylic acids is 1. The summed E-state index contributed by atoms with van der Waals surface area (Å²) in [5.41, 5.74) is 5.68. The zero-order chi connectivity index (χ0) is 26.6. The minimum Gasteiger partial charge on any atom is -0.491 e. The van der Waals surface area contributed by atoms with Crippen molar-refractivity contribution in [3.63, 3.8) is 0 Å². The second kappa shape index (κ2) is 14.3. The normalized spacial score (nSPS) is 12.1. The molecule has 11 heteroatoms. The Morgan fingerprint density at radius 2 is 1.68 bits per heavy atom. The van der Waals surface area contributed by atoms with Crippen LogP contribution in [0.1, 0.15) is 18.4 Å². The number of hydrogen-bond donors (Lipinski definition) is 2. The van der Waals surface area contributed by atoms with Crippen molar-refractivity contribution >= 4 is 33.7 Å². The summed E-state index contributed by atoms with van der Waals surface area (Å²) in [6.07, 6.45) is -0.192. The molecule has 0 amide bonds. The van der Waals surface area contributed by atoms with Crippen LogP contribution in [0.15, 0.2) is 45.6 Å². The van der Waals surface area contributed by atoms with Crippen molar-refractivity contribution in [3.8, 4) is 5.75 Å². The van der Waals surface area contributed by atoms with Crippen molar-refractivity contribution in [3.05, 3.63) is 52.4 Å². The van der Waals surface area contributed by atoms with E-state index in [4.69, 9.17) is 38.9 Å². The maximum atomic E-state index is 12.2. The van der Waals surface area contributed by atoms with E-state index >= 15 is 0 Å². The zero-order valence-corrected chi connectivity index (χ0v) is 20.6. The van der Waals surface area contributed by atoms with Gasteiger partial charge in [0.2, 0.25) is 0 Å². The number of methoxy groups -OCH3 is 1. The molecule has 0 saturated heterocycles. The van der Waals surface area contributed by atoms with Gasteiger partial charge in [0.25, 0.3) is 0 Å². The van der Waals surface area contributed by atoms with Gasteiger partial charge in [-0.1, -0.05) is 12.1 Å². The predicted octanol–water partition coefficient (Wildman–Crippen LogP) is 2.24. The van der Waals surface area contributed by atoms with E-state index in [0.29, 0.717) is 67.3 Å². The van der Waals surface area contributed by atoms with Crippen LogP contribution in [0.25, 0.3) is 21.7 Å². The van der Waals surface area contributed by atoms with Gasteiger partial charge in [-0.05, 0) is 30.0 Å². The molecule has 3 aromatic rings. The van der Waals surface area contributed by atoms with Gasteiger partial charge in [-0.2, -0.15) is 0 Å². The van der Waals surface area contributed by atoms with E-state index in [1.54, 1.807) is 25.3 Å². The Morgan fingerprint density at radius 3 is 2.41 bits per heavy atom. The number of nitrogens with two attached hydrogens (primary N) is 1. The first-order valence-corrected chi connectivity index (χ1v) is 11.8. The second-order valence-corrected chi connectivity index (χ2v) is 8.13. The Bertz CT molecular complexity index is 1260. The van der Waals surface area contributed by atoms with Crippen molar-refractivity contribution < 1.29 is 42.8 Å². The van der Waals surface area contributed by atoms with Crippen molar-refractivity contribution in [2.75, 3.05) is 46.8 Å². The number of ether oxygens (including phenoxy) is 5. The van der Waals surface area contributed by atoms with Gasteiger partial charge in [0, 0.05) is 35.9 Å². The molecular weight excluding hydrogens is 486 g/mol. The van der Waals surface area contributed by atoms with Crippen molar-refractivity contribution in [2.45, 2.75) is 25.5 Å². The third-order valence-corrected chi connectivity index (χ3v) is 5.45. The van der Waals surface area contributed by atoms with Crippen LogP contribution in [-0.2, 0) is 35.1 Å². The largest absolute Gasteiger partial charge is 0.491 e. The third-order valence-electron chi connectivity index (χ3n) is 5.45. The van der Waals surface area contributed by atoms with E-state index in [1.165, 1.54) is 6.07 Å². The summed E-state index contributed by atoms with van der Waals surface area (Å²) in [6.45, 7) is 2.62. The van der Waals surface area contributed by atoms with Crippen molar-refractivity contribution in [1.82, 2.24) is 0 Å². The molecular formula is C26H31NO10. The first kappa shape index (κ1) is 28.1. The summed E-state index contributed by atoms with van der Waals surface area (Å²) in [7, 11) is 1.62. The molecule has 3 N–H and O–H groups in total. The van der Waals surface area contributed by atoms with Crippen LogP contribution < -0.4 is 16.1 Å². The fourth-order valence-electron chi connectivity index (χ4n) is 3.51. The lowest BCUT2D eigenvalue weighted by Gasteiger charge is -2.11. The molecule has 2 aromatic carbocycles. The number of aliphatic carboxylic acids is 1. The third kappa shape index (κ3) is 8.53. The second-order valence-electron chi connectivity index (χ2n) is 8.13. The summed E-state index contributed by atoms with van der Waals surface area (Å²) in [4.78, 5) is 35.0. The lowest BCUT2D eigenvalue weighted by Crippen LogP contribution is -2.30. The Labute approximate surface area is 213 Å². The molecule has 1 unspecified atom stereocenters. The van der Waals surface area contributed by atoms with E-state index < -0.39 is 23.6 Å². The first-order chi connectivity index (χ1) is 17.9. The highest BCUT2D eigenvalue weighted by molar-refractivity contribution is 6.05. The van der Waals surface area contributed by atoms with Gasteiger partial charge in [0.1, 0.15) is 30.6 Å². The molecule has 1 atom stereocenters. The summed E-state index contributed by atoms with van der Waals surface area (Å²) in [6, 6.07) is 9.16. The van der Waals surface area contributed by atoms with Crippen molar-refractivity contribution in [1.29, 1.82) is 0 Å². The number of hydrogen-bond acceptors (Lipinski definition) is 10. The van der Waals surface area contributed by atoms with Gasteiger partial charge in [0.15, 0.2) is 0 Å². The molecule has 37 heavy (non-hydrogen) atoms. The highest BCUT2D eigenvalue weighted by Crippen LogP contribution is 2.29. The maximum Gasteiger partial charge on any atom is 0.336 e. The van der Waals surface area contributed by atoms with E-state index in [0.717, 1.165) is 5.39 Å². The van der Waals surface area contributed by atoms with Crippen LogP contribution in [0.2, 0.25) is 0 Å². The highest BCUT2D eigenvalue weighted by atomic mass is 16.6. The molecule has 1 heterocycles. The average molecular weight is 518 g/mol. The average Bonchev–Trinajstić information content (AvgIpc) is 2.88. The molecule has 11 nitrogen and oxygen atoms in total. The van der Waals surface area contributed by atoms with E-state index in [2.05, 4.69) is 0 Å². The molecule has 0 aliphatic rings. The molecule has 0 fully saturated rings. The highest BCUT2D eigenvalue weighted by Gasteiger charge is 2.16. The van der Waals surface area contributed by atoms with Crippen LogP contribution in [0.5, 0.6) is 5.75 Å². The summed E-state index contributed by atoms with van der Waals surface area (Å²) in [5.74, 6) is -1.16. The van der Waals surface area contributed by atoms with Crippen LogP contribution >= 0.6 is 0 Å². The van der Waals surface area contributed by atoms with Crippen molar-refractivity contribution in [2.24, 2.45) is 5.73 Å². The fourth-order valence-corrected chi connectivity index (χ4v) is 3.51. The smallest absolute Gasteiger partial charge is 0.336 e. The first-order valence-electron chi connectivity index (χ1n) is 11.8. The van der Waals surface area contributed by atoms with Crippen LogP contribution in [0.3, 0.4) is 0 Å². The number of fused-ring (bicyclic) bond motifs is 3. The SMILES string of the molecule is COCCOCCOCCOc1ccc2c(ccc3c(COC(=O)CCC(N)C(=O)O)cc(=O)oc32)c1. The van der Waals surface area contributed by atoms with Gasteiger partial charge < -0.3 is 38.9 Å². The lowest BCUT2D eigenvalue weighted by atomic mass is 10.0. The van der Waals surface area contributed by atoms with Gasteiger partial charge in [-0.25, -0.2) is 4.79 Å². The maximum absolute atomic E-state index is 12.2. The Morgan fingerprint density at radius 1 is 0.973 bits per heavy atom. The van der Waals surface area contributed by atoms with E-state index in [1.807, 2.05) is 12.1 Å². The van der Waals surface area contributed by atoms with Crippen LogP contribution in [-0.4, -0.2) is 69.8 Å². The zero-order valence-electron chi connectivity index (χ0n) is 20.6. The van der Waals surface area contributed by atoms with E-state index in [-0.39, 0.29) is 19.4 Å². The molecule has 0 saturated carbocycles. The number of rotatable bonds is 16. The standard InChI is InChI=1S/C26H31NO10/c1-32-8-9-33-10-11-34-12-13-35-19-3-5-20-17(14-19)2-4-21-18(15-24(29)37-25(20)21)16-36-23(28)7-6-22(27)26(30)31/h2-5,14-15,22H,6-13,16,27H2,1H3,(H,30,31). The van der Waals surface area contributed by atoms with E-state index in [9.17, 15) is 14.4 Å². The molecule has 0 aliphatic carbocycles. The molecule has 3 rings (SSSR count). The monoisotopic (exact) mass is 517 g/mol. The Kier molecular flexibility index (Phi) is 10.8. The molecule has 0 radical (unpaired) electrons.